The van der Waals surface area contributed by atoms with E-state index in [-0.39, 0.29) is 42.0 Å². The number of hydrogen-bond donors (Lipinski definition) is 2. The van der Waals surface area contributed by atoms with Gasteiger partial charge in [-0.25, -0.2) is 8.78 Å². The summed E-state index contributed by atoms with van der Waals surface area (Å²) in [5.41, 5.74) is 0.668. The van der Waals surface area contributed by atoms with Crippen LogP contribution in [-0.4, -0.2) is 33.7 Å². The van der Waals surface area contributed by atoms with Crippen molar-refractivity contribution in [3.8, 4) is 11.6 Å². The lowest BCUT2D eigenvalue weighted by Crippen LogP contribution is -2.28. The lowest BCUT2D eigenvalue weighted by molar-refractivity contribution is 0.0944. The number of benzene rings is 2. The zero-order valence-electron chi connectivity index (χ0n) is 17.3. The second-order valence-corrected chi connectivity index (χ2v) is 7.25. The Morgan fingerprint density at radius 3 is 2.69 bits per heavy atom. The summed E-state index contributed by atoms with van der Waals surface area (Å²) in [7, 11) is 0. The van der Waals surface area contributed by atoms with Crippen LogP contribution in [-0.2, 0) is 6.61 Å². The van der Waals surface area contributed by atoms with E-state index in [0.29, 0.717) is 16.8 Å². The zero-order valence-corrected chi connectivity index (χ0v) is 18.0. The number of aliphatic hydroxyl groups is 1. The quantitative estimate of drug-likeness (QED) is 0.561. The van der Waals surface area contributed by atoms with Gasteiger partial charge in [0.25, 0.3) is 11.5 Å². The maximum atomic E-state index is 13.8. The molecule has 0 atom stereocenters. The van der Waals surface area contributed by atoms with Gasteiger partial charge in [0.15, 0.2) is 5.02 Å². The van der Waals surface area contributed by atoms with E-state index in [4.69, 9.17) is 21.4 Å². The molecular formula is C22H20ClF2N3O4. The number of aromatic nitrogens is 2. The standard InChI is InChI=1S/C22H20ClF2N3O4/c1-12-16(20(30)26-8-9-29)4-3-5-18(12)28-13(2)27-21(19(23)22(28)31)32-11-14-6-7-15(24)10-17(14)25/h3-7,10,29H,8-9,11H2,1-2H3,(H,26,30). The Labute approximate surface area is 187 Å². The molecule has 32 heavy (non-hydrogen) atoms. The molecule has 3 aromatic rings. The molecule has 0 saturated heterocycles. The van der Waals surface area contributed by atoms with Crippen molar-refractivity contribution in [3.63, 3.8) is 0 Å². The number of carbonyl (C=O) groups excluding carboxylic acids is 1. The summed E-state index contributed by atoms with van der Waals surface area (Å²) in [4.78, 5) is 29.6. The highest BCUT2D eigenvalue weighted by Gasteiger charge is 2.19. The summed E-state index contributed by atoms with van der Waals surface area (Å²) in [6, 6.07) is 7.88. The number of nitrogens with zero attached hydrogens (tertiary/aromatic N) is 2. The highest BCUT2D eigenvalue weighted by atomic mass is 35.5. The number of aryl methyl sites for hydroxylation is 1. The summed E-state index contributed by atoms with van der Waals surface area (Å²) in [6.07, 6.45) is 0. The molecule has 0 spiro atoms. The van der Waals surface area contributed by atoms with Crippen molar-refractivity contribution in [1.29, 1.82) is 0 Å². The molecule has 0 aliphatic carbocycles. The fraction of sp³-hybridized carbons (Fsp3) is 0.227. The van der Waals surface area contributed by atoms with E-state index in [2.05, 4.69) is 10.3 Å². The molecule has 7 nitrogen and oxygen atoms in total. The number of nitrogens with one attached hydrogen (secondary N) is 1. The first kappa shape index (κ1) is 23.4. The molecule has 0 aliphatic heterocycles. The van der Waals surface area contributed by atoms with Crippen LogP contribution < -0.4 is 15.6 Å². The van der Waals surface area contributed by atoms with Crippen molar-refractivity contribution in [2.75, 3.05) is 13.2 Å². The molecule has 0 unspecified atom stereocenters. The molecular weight excluding hydrogens is 444 g/mol. The average molecular weight is 464 g/mol. The van der Waals surface area contributed by atoms with Crippen LogP contribution in [0.5, 0.6) is 5.88 Å². The first-order valence-electron chi connectivity index (χ1n) is 9.59. The third-order valence-corrected chi connectivity index (χ3v) is 5.06. The minimum absolute atomic E-state index is 0.0727. The molecule has 1 amide bonds. The predicted molar refractivity (Wildman–Crippen MR) is 114 cm³/mol. The van der Waals surface area contributed by atoms with Gasteiger partial charge in [-0.3, -0.25) is 14.2 Å². The van der Waals surface area contributed by atoms with Crippen LogP contribution in [0, 0.1) is 25.5 Å². The first-order chi connectivity index (χ1) is 15.2. The van der Waals surface area contributed by atoms with E-state index in [9.17, 15) is 18.4 Å². The fourth-order valence-electron chi connectivity index (χ4n) is 3.12. The SMILES string of the molecule is Cc1c(C(=O)NCCO)cccc1-n1c(C)nc(OCc2ccc(F)cc2F)c(Cl)c1=O. The van der Waals surface area contributed by atoms with Gasteiger partial charge in [0.2, 0.25) is 5.88 Å². The van der Waals surface area contributed by atoms with E-state index in [1.165, 1.54) is 10.6 Å². The van der Waals surface area contributed by atoms with Crippen LogP contribution in [0.25, 0.3) is 5.69 Å². The smallest absolute Gasteiger partial charge is 0.280 e. The highest BCUT2D eigenvalue weighted by molar-refractivity contribution is 6.31. The first-order valence-corrected chi connectivity index (χ1v) is 9.97. The zero-order chi connectivity index (χ0) is 23.4. The van der Waals surface area contributed by atoms with Crippen LogP contribution in [0.3, 0.4) is 0 Å². The van der Waals surface area contributed by atoms with E-state index < -0.39 is 23.1 Å². The van der Waals surface area contributed by atoms with Crippen LogP contribution in [0.15, 0.2) is 41.2 Å². The van der Waals surface area contributed by atoms with Gasteiger partial charge in [-0.15, -0.1) is 0 Å². The monoisotopic (exact) mass is 463 g/mol. The number of rotatable bonds is 7. The Hall–Kier alpha value is -3.30. The van der Waals surface area contributed by atoms with Crippen LogP contribution in [0.4, 0.5) is 8.78 Å². The summed E-state index contributed by atoms with van der Waals surface area (Å²) < 4.78 is 33.6. The summed E-state index contributed by atoms with van der Waals surface area (Å²) in [5, 5.41) is 11.1. The Morgan fingerprint density at radius 1 is 1.25 bits per heavy atom. The number of aliphatic hydroxyl groups excluding tert-OH is 1. The Morgan fingerprint density at radius 2 is 2.00 bits per heavy atom. The van der Waals surface area contributed by atoms with Crippen LogP contribution in [0.1, 0.15) is 27.3 Å². The Bertz CT molecular complexity index is 1230. The van der Waals surface area contributed by atoms with E-state index in [1.54, 1.807) is 32.0 Å². The van der Waals surface area contributed by atoms with Gasteiger partial charge in [-0.05, 0) is 43.7 Å². The normalized spacial score (nSPS) is 10.8. The number of carbonyl (C=O) groups is 1. The summed E-state index contributed by atoms with van der Waals surface area (Å²) >= 11 is 6.19. The minimum atomic E-state index is -0.793. The third kappa shape index (κ3) is 4.79. The van der Waals surface area contributed by atoms with Crippen molar-refractivity contribution < 1.29 is 23.4 Å². The molecule has 0 aliphatic rings. The molecule has 2 aromatic carbocycles. The highest BCUT2D eigenvalue weighted by Crippen LogP contribution is 2.24. The fourth-order valence-corrected chi connectivity index (χ4v) is 3.30. The van der Waals surface area contributed by atoms with Gasteiger partial charge >= 0.3 is 0 Å². The lowest BCUT2D eigenvalue weighted by atomic mass is 10.1. The van der Waals surface area contributed by atoms with Crippen molar-refractivity contribution in [1.82, 2.24) is 14.9 Å². The maximum Gasteiger partial charge on any atom is 0.280 e. The Balaban J connectivity index is 1.96. The van der Waals surface area contributed by atoms with Gasteiger partial charge in [-0.1, -0.05) is 17.7 Å². The average Bonchev–Trinajstić information content (AvgIpc) is 2.75. The molecule has 3 rings (SSSR count). The third-order valence-electron chi connectivity index (χ3n) is 4.73. The van der Waals surface area contributed by atoms with Gasteiger partial charge in [-0.2, -0.15) is 4.98 Å². The molecule has 0 fully saturated rings. The number of halogens is 3. The second kappa shape index (κ2) is 9.88. The molecule has 168 valence electrons. The van der Waals surface area contributed by atoms with Gasteiger partial charge in [0.05, 0.1) is 12.3 Å². The number of amides is 1. The maximum absolute atomic E-state index is 13.8. The van der Waals surface area contributed by atoms with Crippen LogP contribution in [0.2, 0.25) is 5.02 Å². The molecule has 1 aromatic heterocycles. The van der Waals surface area contributed by atoms with Gasteiger partial charge in [0.1, 0.15) is 24.1 Å². The van der Waals surface area contributed by atoms with E-state index >= 15 is 0 Å². The predicted octanol–water partition coefficient (Wildman–Crippen LogP) is 3.08. The van der Waals surface area contributed by atoms with E-state index in [1.807, 2.05) is 0 Å². The van der Waals surface area contributed by atoms with Crippen molar-refractivity contribution in [2.45, 2.75) is 20.5 Å². The minimum Gasteiger partial charge on any atom is -0.471 e. The largest absolute Gasteiger partial charge is 0.471 e. The van der Waals surface area contributed by atoms with Crippen molar-refractivity contribution in [2.24, 2.45) is 0 Å². The number of ether oxygens (including phenoxy) is 1. The van der Waals surface area contributed by atoms with E-state index in [0.717, 1.165) is 12.1 Å². The molecule has 2 N–H and O–H groups in total. The van der Waals surface area contributed by atoms with Gasteiger partial charge in [0, 0.05) is 23.7 Å². The van der Waals surface area contributed by atoms with Crippen LogP contribution >= 0.6 is 11.6 Å². The molecule has 10 heteroatoms. The molecule has 0 radical (unpaired) electrons. The molecule has 1 heterocycles. The molecule has 0 saturated carbocycles. The molecule has 0 bridgehead atoms. The number of hydrogen-bond acceptors (Lipinski definition) is 5. The lowest BCUT2D eigenvalue weighted by Gasteiger charge is -2.17. The van der Waals surface area contributed by atoms with Crippen molar-refractivity contribution >= 4 is 17.5 Å². The topological polar surface area (TPSA) is 93.5 Å². The summed E-state index contributed by atoms with van der Waals surface area (Å²) in [5.74, 6) is -1.88. The Kier molecular flexibility index (Phi) is 7.22. The summed E-state index contributed by atoms with van der Waals surface area (Å²) in [6.45, 7) is 2.81. The second-order valence-electron chi connectivity index (χ2n) is 6.87. The van der Waals surface area contributed by atoms with Crippen molar-refractivity contribution in [3.05, 3.63) is 85.9 Å². The van der Waals surface area contributed by atoms with Gasteiger partial charge < -0.3 is 15.2 Å².